The molecule has 7 nitrogen and oxygen atoms in total. The van der Waals surface area contributed by atoms with Crippen molar-refractivity contribution in [3.63, 3.8) is 0 Å². The minimum absolute atomic E-state index is 0.0334. The number of carbonyl (C=O) groups is 2. The first-order valence-corrected chi connectivity index (χ1v) is 7.68. The van der Waals surface area contributed by atoms with Crippen molar-refractivity contribution < 1.29 is 14.3 Å². The molecule has 7 heteroatoms. The Labute approximate surface area is 141 Å². The van der Waals surface area contributed by atoms with Crippen LogP contribution in [0.3, 0.4) is 0 Å². The highest BCUT2D eigenvalue weighted by atomic mass is 16.5. The van der Waals surface area contributed by atoms with E-state index in [1.165, 1.54) is 6.20 Å². The van der Waals surface area contributed by atoms with Crippen LogP contribution in [0.1, 0.15) is 25.5 Å². The molecule has 1 unspecified atom stereocenters. The molecule has 0 heterocycles. The second-order valence-electron chi connectivity index (χ2n) is 4.88. The summed E-state index contributed by atoms with van der Waals surface area (Å²) < 4.78 is 4.71. The number of hydrogen-bond acceptors (Lipinski definition) is 5. The molecule has 0 aliphatic rings. The van der Waals surface area contributed by atoms with Crippen molar-refractivity contribution in [1.82, 2.24) is 16.0 Å². The Hall–Kier alpha value is -3.01. The molecule has 128 valence electrons. The molecule has 0 fully saturated rings. The van der Waals surface area contributed by atoms with Gasteiger partial charge in [-0.3, -0.25) is 4.79 Å². The highest BCUT2D eigenvalue weighted by Crippen LogP contribution is 2.11. The predicted octanol–water partition coefficient (Wildman–Crippen LogP) is 1.61. The molecule has 1 rings (SSSR count). The molecule has 3 N–H and O–H groups in total. The molecule has 0 spiro atoms. The van der Waals surface area contributed by atoms with Crippen LogP contribution in [0.2, 0.25) is 0 Å². The molecule has 0 saturated carbocycles. The van der Waals surface area contributed by atoms with E-state index in [-0.39, 0.29) is 11.6 Å². The highest BCUT2D eigenvalue weighted by Gasteiger charge is 2.13. The van der Waals surface area contributed by atoms with Gasteiger partial charge in [0.2, 0.25) is 0 Å². The second kappa shape index (κ2) is 10.7. The van der Waals surface area contributed by atoms with Gasteiger partial charge in [-0.1, -0.05) is 30.3 Å². The molecule has 0 aliphatic heterocycles. The van der Waals surface area contributed by atoms with Crippen molar-refractivity contribution in [3.05, 3.63) is 47.7 Å². The van der Waals surface area contributed by atoms with Crippen molar-refractivity contribution in [2.75, 3.05) is 19.7 Å². The van der Waals surface area contributed by atoms with Crippen molar-refractivity contribution >= 4 is 12.0 Å². The average molecular weight is 330 g/mol. The van der Waals surface area contributed by atoms with Gasteiger partial charge in [-0.15, -0.1) is 0 Å². The van der Waals surface area contributed by atoms with E-state index in [0.717, 1.165) is 5.56 Å². The number of amides is 2. The third kappa shape index (κ3) is 6.83. The lowest BCUT2D eigenvalue weighted by molar-refractivity contribution is -0.117. The number of ether oxygens (including phenoxy) is 1. The van der Waals surface area contributed by atoms with Crippen molar-refractivity contribution in [1.29, 1.82) is 5.26 Å². The highest BCUT2D eigenvalue weighted by molar-refractivity contribution is 5.97. The molecular formula is C17H22N4O3. The zero-order chi connectivity index (χ0) is 17.8. The van der Waals surface area contributed by atoms with Gasteiger partial charge in [-0.2, -0.15) is 5.26 Å². The van der Waals surface area contributed by atoms with Crippen LogP contribution < -0.4 is 16.0 Å². The van der Waals surface area contributed by atoms with Crippen LogP contribution >= 0.6 is 0 Å². The first-order valence-electron chi connectivity index (χ1n) is 7.68. The lowest BCUT2D eigenvalue weighted by atomic mass is 10.1. The number of carbonyl (C=O) groups excluding carboxylic acids is 2. The van der Waals surface area contributed by atoms with E-state index in [2.05, 4.69) is 16.0 Å². The maximum Gasteiger partial charge on any atom is 0.407 e. The molecule has 0 aromatic heterocycles. The topological polar surface area (TPSA) is 103 Å². The first kappa shape index (κ1) is 19.0. The van der Waals surface area contributed by atoms with E-state index >= 15 is 0 Å². The maximum absolute atomic E-state index is 12.1. The van der Waals surface area contributed by atoms with E-state index in [1.54, 1.807) is 6.92 Å². The molecule has 0 bridgehead atoms. The molecular weight excluding hydrogens is 308 g/mol. The van der Waals surface area contributed by atoms with Gasteiger partial charge in [-0.25, -0.2) is 4.79 Å². The van der Waals surface area contributed by atoms with Crippen LogP contribution in [-0.2, 0) is 9.53 Å². The van der Waals surface area contributed by atoms with Crippen LogP contribution in [0.5, 0.6) is 0 Å². The van der Waals surface area contributed by atoms with E-state index in [0.29, 0.717) is 19.7 Å². The number of alkyl carbamates (subject to hydrolysis) is 1. The number of hydrogen-bond donors (Lipinski definition) is 3. The molecule has 1 aromatic rings. The summed E-state index contributed by atoms with van der Waals surface area (Å²) in [6.45, 7) is 4.55. The Balaban J connectivity index is 2.43. The van der Waals surface area contributed by atoms with Crippen LogP contribution in [0.25, 0.3) is 0 Å². The zero-order valence-electron chi connectivity index (χ0n) is 13.8. The van der Waals surface area contributed by atoms with E-state index < -0.39 is 12.0 Å². The molecule has 0 aliphatic carbocycles. The quantitative estimate of drug-likeness (QED) is 0.382. The van der Waals surface area contributed by atoms with Gasteiger partial charge in [0.1, 0.15) is 11.6 Å². The zero-order valence-corrected chi connectivity index (χ0v) is 13.8. The van der Waals surface area contributed by atoms with Gasteiger partial charge < -0.3 is 20.7 Å². The maximum atomic E-state index is 12.1. The monoisotopic (exact) mass is 330 g/mol. The van der Waals surface area contributed by atoms with Crippen molar-refractivity contribution in [3.8, 4) is 6.07 Å². The minimum Gasteiger partial charge on any atom is -0.450 e. The van der Waals surface area contributed by atoms with Gasteiger partial charge >= 0.3 is 6.09 Å². The van der Waals surface area contributed by atoms with Gasteiger partial charge in [0.25, 0.3) is 5.91 Å². The second-order valence-corrected chi connectivity index (χ2v) is 4.88. The summed E-state index contributed by atoms with van der Waals surface area (Å²) in [6.07, 6.45) is 0.832. The van der Waals surface area contributed by atoms with Gasteiger partial charge in [0, 0.05) is 19.3 Å². The number of benzene rings is 1. The molecule has 2 amide bonds. The summed E-state index contributed by atoms with van der Waals surface area (Å²) in [7, 11) is 0. The van der Waals surface area contributed by atoms with Crippen LogP contribution in [-0.4, -0.2) is 31.7 Å². The normalized spacial score (nSPS) is 11.8. The average Bonchev–Trinajstić information content (AvgIpc) is 2.59. The summed E-state index contributed by atoms with van der Waals surface area (Å²) in [6, 6.07) is 11.1. The fraction of sp³-hybridized carbons (Fsp3) is 0.353. The fourth-order valence-corrected chi connectivity index (χ4v) is 1.84. The number of nitriles is 1. The molecule has 24 heavy (non-hydrogen) atoms. The van der Waals surface area contributed by atoms with Crippen molar-refractivity contribution in [2.45, 2.75) is 19.9 Å². The number of nitrogens with one attached hydrogen (secondary N) is 3. The van der Waals surface area contributed by atoms with Crippen molar-refractivity contribution in [2.24, 2.45) is 0 Å². The first-order chi connectivity index (χ1) is 11.6. The largest absolute Gasteiger partial charge is 0.450 e. The SMILES string of the molecule is CCOC(=O)NCCN/C=C(/C#N)C(=O)NC(C)c1ccccc1. The number of rotatable bonds is 8. The van der Waals surface area contributed by atoms with E-state index in [1.807, 2.05) is 43.3 Å². The van der Waals surface area contributed by atoms with Gasteiger partial charge in [0.05, 0.1) is 12.6 Å². The summed E-state index contributed by atoms with van der Waals surface area (Å²) in [5.41, 5.74) is 0.920. The van der Waals surface area contributed by atoms with Gasteiger partial charge in [-0.05, 0) is 19.4 Å². The lowest BCUT2D eigenvalue weighted by Gasteiger charge is -2.13. The Morgan fingerprint density at radius 3 is 2.62 bits per heavy atom. The molecule has 1 aromatic carbocycles. The van der Waals surface area contributed by atoms with Crippen LogP contribution in [0, 0.1) is 11.3 Å². The Morgan fingerprint density at radius 2 is 2.00 bits per heavy atom. The predicted molar refractivity (Wildman–Crippen MR) is 89.7 cm³/mol. The van der Waals surface area contributed by atoms with Crippen LogP contribution in [0.4, 0.5) is 4.79 Å². The molecule has 0 saturated heterocycles. The smallest absolute Gasteiger partial charge is 0.407 e. The van der Waals surface area contributed by atoms with E-state index in [4.69, 9.17) is 10.00 Å². The Morgan fingerprint density at radius 1 is 1.29 bits per heavy atom. The minimum atomic E-state index is -0.502. The summed E-state index contributed by atoms with van der Waals surface area (Å²) >= 11 is 0. The van der Waals surface area contributed by atoms with Gasteiger partial charge in [0.15, 0.2) is 0 Å². The molecule has 0 radical (unpaired) electrons. The summed E-state index contributed by atoms with van der Waals surface area (Å²) in [4.78, 5) is 23.2. The third-order valence-corrected chi connectivity index (χ3v) is 3.07. The Kier molecular flexibility index (Phi) is 8.47. The summed E-state index contributed by atoms with van der Waals surface area (Å²) in [5.74, 6) is -0.459. The fourth-order valence-electron chi connectivity index (χ4n) is 1.84. The Bertz CT molecular complexity index is 608. The van der Waals surface area contributed by atoms with Crippen LogP contribution in [0.15, 0.2) is 42.1 Å². The molecule has 1 atom stereocenters. The standard InChI is InChI=1S/C17H22N4O3/c1-3-24-17(23)20-10-9-19-12-15(11-18)16(22)21-13(2)14-7-5-4-6-8-14/h4-8,12-13,19H,3,9-10H2,1-2H3,(H,20,23)(H,21,22)/b15-12-. The third-order valence-electron chi connectivity index (χ3n) is 3.07. The lowest BCUT2D eigenvalue weighted by Crippen LogP contribution is -2.32. The summed E-state index contributed by atoms with van der Waals surface area (Å²) in [5, 5.41) is 17.2. The number of nitrogens with zero attached hydrogens (tertiary/aromatic N) is 1. The van der Waals surface area contributed by atoms with E-state index in [9.17, 15) is 9.59 Å².